The van der Waals surface area contributed by atoms with Gasteiger partial charge in [-0.15, -0.1) is 0 Å². The first-order valence-corrected chi connectivity index (χ1v) is 13.4. The summed E-state index contributed by atoms with van der Waals surface area (Å²) in [5.41, 5.74) is 3.19. The van der Waals surface area contributed by atoms with Gasteiger partial charge < -0.3 is 10.1 Å². The highest BCUT2D eigenvalue weighted by atomic mass is 32.2. The smallest absolute Gasteiger partial charge is 0.267 e. The van der Waals surface area contributed by atoms with Crippen LogP contribution in [0.15, 0.2) is 83.8 Å². The van der Waals surface area contributed by atoms with Crippen LogP contribution in [-0.4, -0.2) is 46.6 Å². The van der Waals surface area contributed by atoms with Gasteiger partial charge in [0, 0.05) is 17.8 Å². The number of nitrogens with one attached hydrogen (secondary N) is 1. The molecule has 2 heterocycles. The fraction of sp³-hybridized carbons (Fsp3) is 0.172. The Morgan fingerprint density at radius 3 is 2.37 bits per heavy atom. The maximum Gasteiger partial charge on any atom is 0.267 e. The maximum absolute atomic E-state index is 13.6. The van der Waals surface area contributed by atoms with Gasteiger partial charge in [-0.1, -0.05) is 72.5 Å². The number of nitrogens with zero attached hydrogens (tertiary/aromatic N) is 2. The summed E-state index contributed by atoms with van der Waals surface area (Å²) < 4.78 is 5.86. The summed E-state index contributed by atoms with van der Waals surface area (Å²) in [4.78, 5) is 43.2. The summed E-state index contributed by atoms with van der Waals surface area (Å²) in [7, 11) is 0. The van der Waals surface area contributed by atoms with E-state index in [0.717, 1.165) is 17.3 Å². The molecule has 1 saturated heterocycles. The number of para-hydroxylation sites is 1. The van der Waals surface area contributed by atoms with E-state index in [0.29, 0.717) is 51.5 Å². The number of rotatable bonds is 8. The minimum atomic E-state index is -0.392. The number of thioether (sulfide) groups is 1. The summed E-state index contributed by atoms with van der Waals surface area (Å²) in [6.07, 6.45) is 0.651. The molecule has 0 saturated carbocycles. The van der Waals surface area contributed by atoms with E-state index in [2.05, 4.69) is 5.32 Å². The second kappa shape index (κ2) is 11.2. The first kappa shape index (κ1) is 25.7. The lowest BCUT2D eigenvalue weighted by molar-refractivity contribution is -0.122. The molecule has 3 aromatic rings. The Morgan fingerprint density at radius 1 is 0.921 bits per heavy atom. The molecule has 7 nitrogen and oxygen atoms in total. The molecule has 2 aliphatic rings. The maximum atomic E-state index is 13.6. The minimum Gasteiger partial charge on any atom is -0.494 e. The summed E-state index contributed by atoms with van der Waals surface area (Å²) in [5, 5.41) is 2.82. The second-order valence-corrected chi connectivity index (χ2v) is 10.3. The quantitative estimate of drug-likeness (QED) is 0.322. The highest BCUT2D eigenvalue weighted by Gasteiger charge is 2.42. The molecular formula is C29H25N3O4S2. The van der Waals surface area contributed by atoms with E-state index in [1.54, 1.807) is 47.4 Å². The van der Waals surface area contributed by atoms with E-state index in [-0.39, 0.29) is 23.9 Å². The summed E-state index contributed by atoms with van der Waals surface area (Å²) in [6.45, 7) is 2.68. The van der Waals surface area contributed by atoms with Gasteiger partial charge in [0.2, 0.25) is 5.91 Å². The largest absolute Gasteiger partial charge is 0.494 e. The Bertz CT molecular complexity index is 1440. The van der Waals surface area contributed by atoms with E-state index in [4.69, 9.17) is 17.0 Å². The van der Waals surface area contributed by atoms with Gasteiger partial charge in [0.05, 0.1) is 22.8 Å². The summed E-state index contributed by atoms with van der Waals surface area (Å²) in [5.74, 6) is -0.319. The fourth-order valence-electron chi connectivity index (χ4n) is 4.43. The van der Waals surface area contributed by atoms with Crippen molar-refractivity contribution in [1.82, 2.24) is 4.90 Å². The van der Waals surface area contributed by atoms with Crippen molar-refractivity contribution in [3.63, 3.8) is 0 Å². The zero-order valence-electron chi connectivity index (χ0n) is 20.7. The third kappa shape index (κ3) is 5.20. The topological polar surface area (TPSA) is 79.0 Å². The number of benzene rings is 3. The van der Waals surface area contributed by atoms with E-state index in [1.165, 1.54) is 4.90 Å². The highest BCUT2D eigenvalue weighted by molar-refractivity contribution is 8.26. The van der Waals surface area contributed by atoms with E-state index in [9.17, 15) is 14.4 Å². The molecular weight excluding hydrogens is 518 g/mol. The summed E-state index contributed by atoms with van der Waals surface area (Å²) in [6, 6.07) is 24.1. The number of hydrogen-bond acceptors (Lipinski definition) is 6. The molecule has 0 atom stereocenters. The van der Waals surface area contributed by atoms with Crippen LogP contribution >= 0.6 is 24.0 Å². The Labute approximate surface area is 230 Å². The number of carbonyl (C=O) groups is 3. The van der Waals surface area contributed by atoms with Gasteiger partial charge in [0.15, 0.2) is 0 Å². The van der Waals surface area contributed by atoms with Crippen molar-refractivity contribution in [2.45, 2.75) is 13.3 Å². The molecule has 1 N–H and O–H groups in total. The van der Waals surface area contributed by atoms with Gasteiger partial charge in [-0.05, 0) is 49.2 Å². The SMILES string of the molecule is CCOc1ccc(NC(=O)CN2C(=O)C(=C3SC(=S)N(CCc4ccccc4)C3=O)c3ccccc32)cc1. The molecule has 0 radical (unpaired) electrons. The van der Waals surface area contributed by atoms with Crippen LogP contribution in [0, 0.1) is 0 Å². The lowest BCUT2D eigenvalue weighted by Gasteiger charge is -2.17. The Balaban J connectivity index is 1.35. The van der Waals surface area contributed by atoms with Gasteiger partial charge in [0.1, 0.15) is 16.6 Å². The molecule has 9 heteroatoms. The normalized spacial score (nSPS) is 16.7. The molecule has 5 rings (SSSR count). The van der Waals surface area contributed by atoms with Crippen LogP contribution in [0.5, 0.6) is 5.75 Å². The highest BCUT2D eigenvalue weighted by Crippen LogP contribution is 2.44. The molecule has 2 aliphatic heterocycles. The average Bonchev–Trinajstić information content (AvgIpc) is 3.36. The molecule has 3 amide bonds. The van der Waals surface area contributed by atoms with Gasteiger partial charge >= 0.3 is 0 Å². The number of amides is 3. The van der Waals surface area contributed by atoms with Crippen molar-refractivity contribution in [3.05, 3.63) is 94.9 Å². The van der Waals surface area contributed by atoms with Crippen LogP contribution < -0.4 is 15.0 Å². The van der Waals surface area contributed by atoms with Crippen molar-refractivity contribution in [2.75, 3.05) is 29.9 Å². The van der Waals surface area contributed by atoms with Gasteiger partial charge in [-0.3, -0.25) is 24.2 Å². The molecule has 38 heavy (non-hydrogen) atoms. The molecule has 0 aromatic heterocycles. The fourth-order valence-corrected chi connectivity index (χ4v) is 5.81. The summed E-state index contributed by atoms with van der Waals surface area (Å²) >= 11 is 6.65. The van der Waals surface area contributed by atoms with Crippen molar-refractivity contribution >= 4 is 63.0 Å². The van der Waals surface area contributed by atoms with Crippen LogP contribution in [-0.2, 0) is 20.8 Å². The number of ether oxygens (including phenoxy) is 1. The first-order chi connectivity index (χ1) is 18.5. The molecule has 0 spiro atoms. The molecule has 0 unspecified atom stereocenters. The van der Waals surface area contributed by atoms with Gasteiger partial charge in [-0.25, -0.2) is 0 Å². The predicted molar refractivity (Wildman–Crippen MR) is 154 cm³/mol. The Kier molecular flexibility index (Phi) is 7.57. The molecule has 0 aliphatic carbocycles. The van der Waals surface area contributed by atoms with Crippen molar-refractivity contribution < 1.29 is 19.1 Å². The molecule has 1 fully saturated rings. The van der Waals surface area contributed by atoms with E-state index in [1.807, 2.05) is 43.3 Å². The van der Waals surface area contributed by atoms with E-state index < -0.39 is 5.91 Å². The van der Waals surface area contributed by atoms with Crippen molar-refractivity contribution in [1.29, 1.82) is 0 Å². The molecule has 0 bridgehead atoms. The first-order valence-electron chi connectivity index (χ1n) is 12.2. The van der Waals surface area contributed by atoms with Gasteiger partial charge in [-0.2, -0.15) is 0 Å². The van der Waals surface area contributed by atoms with Gasteiger partial charge in [0.25, 0.3) is 11.8 Å². The van der Waals surface area contributed by atoms with Crippen molar-refractivity contribution in [2.24, 2.45) is 0 Å². The third-order valence-corrected chi connectivity index (χ3v) is 7.67. The monoisotopic (exact) mass is 543 g/mol. The van der Waals surface area contributed by atoms with Crippen LogP contribution in [0.4, 0.5) is 11.4 Å². The number of anilines is 2. The van der Waals surface area contributed by atoms with Crippen LogP contribution in [0.2, 0.25) is 0 Å². The zero-order chi connectivity index (χ0) is 26.6. The van der Waals surface area contributed by atoms with E-state index >= 15 is 0 Å². The van der Waals surface area contributed by atoms with Crippen LogP contribution in [0.1, 0.15) is 18.1 Å². The number of hydrogen-bond donors (Lipinski definition) is 1. The zero-order valence-corrected chi connectivity index (χ0v) is 22.3. The number of carbonyl (C=O) groups excluding carboxylic acids is 3. The number of thiocarbonyl (C=S) groups is 1. The Morgan fingerprint density at radius 2 is 1.63 bits per heavy atom. The lowest BCUT2D eigenvalue weighted by atomic mass is 10.1. The standard InChI is InChI=1S/C29H25N3O4S2/c1-2-36-21-14-12-20(13-15-21)30-24(33)18-32-23-11-7-6-10-22(23)25(27(32)34)26-28(35)31(29(37)38-26)17-16-19-8-4-3-5-9-19/h3-15H,2,16-18H2,1H3,(H,30,33). The Hall–Kier alpha value is -3.95. The molecule has 192 valence electrons. The molecule has 3 aromatic carbocycles. The minimum absolute atomic E-state index is 0.194. The third-order valence-electron chi connectivity index (χ3n) is 6.22. The number of fused-ring (bicyclic) bond motifs is 1. The van der Waals surface area contributed by atoms with Crippen LogP contribution in [0.3, 0.4) is 0 Å². The predicted octanol–water partition coefficient (Wildman–Crippen LogP) is 4.88. The lowest BCUT2D eigenvalue weighted by Crippen LogP contribution is -2.35. The second-order valence-electron chi connectivity index (χ2n) is 8.68. The average molecular weight is 544 g/mol. The van der Waals surface area contributed by atoms with Crippen molar-refractivity contribution in [3.8, 4) is 5.75 Å². The van der Waals surface area contributed by atoms with Crippen LogP contribution in [0.25, 0.3) is 5.57 Å².